The largest absolute Gasteiger partial charge is 0.487 e. The molecular formula is C32H36FN5O3. The Morgan fingerprint density at radius 3 is 2.80 bits per heavy atom. The van der Waals surface area contributed by atoms with Gasteiger partial charge in [-0.1, -0.05) is 20.4 Å². The molecule has 0 bridgehead atoms. The highest BCUT2D eigenvalue weighted by atomic mass is 19.1. The molecule has 41 heavy (non-hydrogen) atoms. The molecule has 9 heteroatoms. The lowest BCUT2D eigenvalue weighted by molar-refractivity contribution is -0.127. The van der Waals surface area contributed by atoms with E-state index in [-0.39, 0.29) is 35.7 Å². The van der Waals surface area contributed by atoms with E-state index in [0.717, 1.165) is 31.2 Å². The number of nitrogens with two attached hydrogens (primary N) is 1. The minimum Gasteiger partial charge on any atom is -0.487 e. The number of carbonyl (C=O) groups is 2. The number of rotatable bonds is 6. The zero-order valence-corrected chi connectivity index (χ0v) is 23.9. The summed E-state index contributed by atoms with van der Waals surface area (Å²) in [6.07, 6.45) is 6.46. The van der Waals surface area contributed by atoms with Crippen LogP contribution in [0.1, 0.15) is 54.0 Å². The first-order valence-corrected chi connectivity index (χ1v) is 14.2. The molecule has 6 rings (SSSR count). The Hall–Kier alpha value is -4.14. The first-order valence-electron chi connectivity index (χ1n) is 14.2. The smallest absolute Gasteiger partial charge is 0.274 e. The van der Waals surface area contributed by atoms with Gasteiger partial charge in [-0.05, 0) is 85.1 Å². The van der Waals surface area contributed by atoms with Crippen LogP contribution < -0.4 is 15.4 Å². The summed E-state index contributed by atoms with van der Waals surface area (Å²) >= 11 is 0. The van der Waals surface area contributed by atoms with Gasteiger partial charge in [0.2, 0.25) is 5.91 Å². The van der Waals surface area contributed by atoms with Crippen molar-refractivity contribution in [2.45, 2.75) is 59.0 Å². The summed E-state index contributed by atoms with van der Waals surface area (Å²) in [5.74, 6) is -0.201. The molecule has 2 aromatic heterocycles. The van der Waals surface area contributed by atoms with Crippen molar-refractivity contribution in [3.8, 4) is 16.9 Å². The first-order chi connectivity index (χ1) is 19.6. The van der Waals surface area contributed by atoms with Crippen LogP contribution in [-0.4, -0.2) is 52.0 Å². The van der Waals surface area contributed by atoms with Crippen molar-refractivity contribution in [3.63, 3.8) is 0 Å². The Morgan fingerprint density at radius 1 is 1.22 bits per heavy atom. The maximum Gasteiger partial charge on any atom is 0.274 e. The summed E-state index contributed by atoms with van der Waals surface area (Å²) in [5.41, 5.74) is 12.0. The zero-order chi connectivity index (χ0) is 29.1. The molecule has 2 aliphatic heterocycles. The first kappa shape index (κ1) is 27.1. The standard InChI is InChI=1S/C32H36FN5O3/c1-5-28(39)36-10-6-7-22(36)18-41-29-23(8-9-35-30(29)34)24-14-21(33)15-25(19(24)2)38-12-11-37-26(31(38)40)13-20-16-32(3,4)17-27(20)37/h5,8-9,13-15,22H,1,6-7,10-12,16-18H2,2-4H3,(H2,34,35)/t22-/m0/s1. The number of hydrogen-bond donors (Lipinski definition) is 1. The highest BCUT2D eigenvalue weighted by Gasteiger charge is 2.37. The fourth-order valence-electron chi connectivity index (χ4n) is 6.79. The van der Waals surface area contributed by atoms with Gasteiger partial charge in [0, 0.05) is 37.1 Å². The average Bonchev–Trinajstić information content (AvgIpc) is 3.61. The molecule has 214 valence electrons. The number of aromatic nitrogens is 2. The molecule has 3 aromatic rings. The van der Waals surface area contributed by atoms with E-state index in [1.807, 2.05) is 13.0 Å². The molecule has 1 aromatic carbocycles. The van der Waals surface area contributed by atoms with Gasteiger partial charge in [0.05, 0.1) is 11.7 Å². The minimum absolute atomic E-state index is 0.119. The number of carbonyl (C=O) groups excluding carboxylic acids is 2. The summed E-state index contributed by atoms with van der Waals surface area (Å²) in [6.45, 7) is 12.0. The third-order valence-corrected chi connectivity index (χ3v) is 8.74. The molecule has 0 radical (unpaired) electrons. The van der Waals surface area contributed by atoms with Crippen molar-refractivity contribution in [1.29, 1.82) is 0 Å². The van der Waals surface area contributed by atoms with Crippen molar-refractivity contribution in [1.82, 2.24) is 14.5 Å². The van der Waals surface area contributed by atoms with Gasteiger partial charge in [0.15, 0.2) is 11.6 Å². The Kier molecular flexibility index (Phi) is 6.63. The van der Waals surface area contributed by atoms with E-state index in [2.05, 4.69) is 30.0 Å². The predicted octanol–water partition coefficient (Wildman–Crippen LogP) is 4.92. The maximum atomic E-state index is 15.2. The summed E-state index contributed by atoms with van der Waals surface area (Å²) in [6, 6.07) is 6.51. The molecule has 8 nitrogen and oxygen atoms in total. The third kappa shape index (κ3) is 4.67. The van der Waals surface area contributed by atoms with E-state index in [1.165, 1.54) is 29.5 Å². The van der Waals surface area contributed by atoms with E-state index in [4.69, 9.17) is 10.5 Å². The fourth-order valence-corrected chi connectivity index (χ4v) is 6.79. The SMILES string of the molecule is C=CC(=O)N1CCC[C@H]1COc1c(-c2cc(F)cc(N3CCn4c(cc5c4CC(C)(C)C5)C3=O)c2C)ccnc1N. The Morgan fingerprint density at radius 2 is 2.02 bits per heavy atom. The zero-order valence-electron chi connectivity index (χ0n) is 23.9. The maximum absolute atomic E-state index is 15.2. The molecule has 3 aliphatic rings. The third-order valence-electron chi connectivity index (χ3n) is 8.74. The van der Waals surface area contributed by atoms with Crippen molar-refractivity contribution < 1.29 is 18.7 Å². The van der Waals surface area contributed by atoms with Crippen molar-refractivity contribution in [3.05, 3.63) is 71.4 Å². The van der Waals surface area contributed by atoms with E-state index in [9.17, 15) is 9.59 Å². The fraction of sp³-hybridized carbons (Fsp3) is 0.406. The summed E-state index contributed by atoms with van der Waals surface area (Å²) in [7, 11) is 0. The normalized spacial score (nSPS) is 19.3. The van der Waals surface area contributed by atoms with Gasteiger partial charge in [0.25, 0.3) is 5.91 Å². The number of pyridine rings is 1. The van der Waals surface area contributed by atoms with Gasteiger partial charge in [-0.15, -0.1) is 0 Å². The van der Waals surface area contributed by atoms with Gasteiger partial charge in [0.1, 0.15) is 18.1 Å². The molecule has 4 heterocycles. The van der Waals surface area contributed by atoms with E-state index in [1.54, 1.807) is 22.1 Å². The van der Waals surface area contributed by atoms with Gasteiger partial charge in [-0.25, -0.2) is 9.37 Å². The van der Waals surface area contributed by atoms with Crippen LogP contribution in [-0.2, 0) is 24.2 Å². The van der Waals surface area contributed by atoms with Crippen LogP contribution in [0.15, 0.2) is 43.1 Å². The molecule has 0 saturated carbocycles. The van der Waals surface area contributed by atoms with Crippen LogP contribution in [0.5, 0.6) is 5.75 Å². The number of fused-ring (bicyclic) bond motifs is 3. The number of ether oxygens (including phenoxy) is 1. The molecular weight excluding hydrogens is 521 g/mol. The summed E-state index contributed by atoms with van der Waals surface area (Å²) < 4.78 is 23.6. The van der Waals surface area contributed by atoms with E-state index < -0.39 is 5.82 Å². The number of nitrogens with zero attached hydrogens (tertiary/aromatic N) is 4. The summed E-state index contributed by atoms with van der Waals surface area (Å²) in [4.78, 5) is 33.7. The van der Waals surface area contributed by atoms with Crippen LogP contribution in [0.4, 0.5) is 15.9 Å². The second kappa shape index (κ2) is 10.0. The number of hydrogen-bond acceptors (Lipinski definition) is 5. The van der Waals surface area contributed by atoms with E-state index >= 15 is 4.39 Å². The van der Waals surface area contributed by atoms with Crippen molar-refractivity contribution >= 4 is 23.3 Å². The van der Waals surface area contributed by atoms with Crippen LogP contribution in [0, 0.1) is 18.2 Å². The lowest BCUT2D eigenvalue weighted by atomic mass is 9.90. The highest BCUT2D eigenvalue weighted by Crippen LogP contribution is 2.42. The topological polar surface area (TPSA) is 93.7 Å². The number of halogens is 1. The lowest BCUT2D eigenvalue weighted by Gasteiger charge is -2.32. The second-order valence-corrected chi connectivity index (χ2v) is 12.1. The van der Waals surface area contributed by atoms with Gasteiger partial charge >= 0.3 is 0 Å². The van der Waals surface area contributed by atoms with Crippen molar-refractivity contribution in [2.24, 2.45) is 5.41 Å². The minimum atomic E-state index is -0.460. The number of benzene rings is 1. The quantitative estimate of drug-likeness (QED) is 0.434. The monoisotopic (exact) mass is 557 g/mol. The lowest BCUT2D eigenvalue weighted by Crippen LogP contribution is -2.41. The van der Waals surface area contributed by atoms with Gasteiger partial charge in [-0.3, -0.25) is 9.59 Å². The number of anilines is 2. The Bertz CT molecular complexity index is 1580. The highest BCUT2D eigenvalue weighted by molar-refractivity contribution is 6.07. The van der Waals surface area contributed by atoms with E-state index in [0.29, 0.717) is 47.9 Å². The number of amides is 2. The van der Waals surface area contributed by atoms with Crippen LogP contribution in [0.3, 0.4) is 0 Å². The van der Waals surface area contributed by atoms with Gasteiger partial charge in [-0.2, -0.15) is 0 Å². The number of likely N-dealkylation sites (tertiary alicyclic amines) is 1. The van der Waals surface area contributed by atoms with Crippen LogP contribution in [0.2, 0.25) is 0 Å². The molecule has 1 atom stereocenters. The predicted molar refractivity (Wildman–Crippen MR) is 157 cm³/mol. The van der Waals surface area contributed by atoms with Gasteiger partial charge < -0.3 is 24.8 Å². The molecule has 0 spiro atoms. The van der Waals surface area contributed by atoms with Crippen molar-refractivity contribution in [2.75, 3.05) is 30.3 Å². The van der Waals surface area contributed by atoms with Crippen LogP contribution in [0.25, 0.3) is 11.1 Å². The molecule has 2 amide bonds. The van der Waals surface area contributed by atoms with Crippen LogP contribution >= 0.6 is 0 Å². The molecule has 2 N–H and O–H groups in total. The number of nitrogen functional groups attached to an aromatic ring is 1. The average molecular weight is 558 g/mol. The summed E-state index contributed by atoms with van der Waals surface area (Å²) in [5, 5.41) is 0. The molecule has 1 saturated heterocycles. The molecule has 1 fully saturated rings. The Balaban J connectivity index is 1.32. The molecule has 1 aliphatic carbocycles. The molecule has 0 unspecified atom stereocenters. The Labute approximate surface area is 239 Å². The second-order valence-electron chi connectivity index (χ2n) is 12.1.